The normalized spacial score (nSPS) is 11.0. The molecule has 2 aromatic carbocycles. The van der Waals surface area contributed by atoms with Gasteiger partial charge in [0.15, 0.2) is 0 Å². The molecule has 0 atom stereocenters. The van der Waals surface area contributed by atoms with E-state index in [1.807, 2.05) is 0 Å². The highest BCUT2D eigenvalue weighted by molar-refractivity contribution is 7.93. The Morgan fingerprint density at radius 1 is 1.20 bits per heavy atom. The number of anilines is 1. The van der Waals surface area contributed by atoms with E-state index in [1.165, 1.54) is 31.2 Å². The van der Waals surface area contributed by atoms with Gasteiger partial charge in [-0.1, -0.05) is 24.3 Å². The summed E-state index contributed by atoms with van der Waals surface area (Å²) in [4.78, 5) is 21.8. The third kappa shape index (κ3) is 3.94. The minimum atomic E-state index is -4.22. The van der Waals surface area contributed by atoms with Crippen LogP contribution in [0, 0.1) is 17.0 Å². The summed E-state index contributed by atoms with van der Waals surface area (Å²) in [6.07, 6.45) is 0. The van der Waals surface area contributed by atoms with Crippen LogP contribution in [0.4, 0.5) is 11.4 Å². The molecule has 0 fully saturated rings. The Morgan fingerprint density at radius 3 is 2.40 bits per heavy atom. The number of methoxy groups -OCH3 is 1. The number of hydrogen-bond acceptors (Lipinski definition) is 6. The van der Waals surface area contributed by atoms with Crippen LogP contribution in [0.5, 0.6) is 0 Å². The molecule has 2 aromatic rings. The molecular formula is C16H16N2O6S. The van der Waals surface area contributed by atoms with Gasteiger partial charge in [-0.3, -0.25) is 19.2 Å². The van der Waals surface area contributed by atoms with Gasteiger partial charge in [0.05, 0.1) is 22.6 Å². The van der Waals surface area contributed by atoms with Crippen molar-refractivity contribution < 1.29 is 22.9 Å². The average molecular weight is 364 g/mol. The molecule has 0 bridgehead atoms. The Morgan fingerprint density at radius 2 is 1.84 bits per heavy atom. The molecular weight excluding hydrogens is 348 g/mol. The van der Waals surface area contributed by atoms with E-state index in [9.17, 15) is 23.3 Å². The van der Waals surface area contributed by atoms with E-state index in [4.69, 9.17) is 0 Å². The molecule has 0 spiro atoms. The highest BCUT2D eigenvalue weighted by Gasteiger charge is 2.30. The van der Waals surface area contributed by atoms with E-state index in [-0.39, 0.29) is 16.3 Å². The van der Waals surface area contributed by atoms with E-state index >= 15 is 0 Å². The quantitative estimate of drug-likeness (QED) is 0.442. The van der Waals surface area contributed by atoms with E-state index < -0.39 is 27.5 Å². The van der Waals surface area contributed by atoms with Gasteiger partial charge < -0.3 is 4.74 Å². The highest BCUT2D eigenvalue weighted by Crippen LogP contribution is 2.28. The van der Waals surface area contributed by atoms with Crippen LogP contribution in [-0.4, -0.2) is 33.0 Å². The second-order valence-electron chi connectivity index (χ2n) is 5.13. The fraction of sp³-hybridized carbons (Fsp3) is 0.188. The summed E-state index contributed by atoms with van der Waals surface area (Å²) in [5.41, 5.74) is 0.227. The van der Waals surface area contributed by atoms with Crippen LogP contribution in [-0.2, 0) is 19.6 Å². The third-order valence-electron chi connectivity index (χ3n) is 3.50. The summed E-state index contributed by atoms with van der Waals surface area (Å²) < 4.78 is 31.6. The van der Waals surface area contributed by atoms with Crippen molar-refractivity contribution in [2.45, 2.75) is 11.8 Å². The van der Waals surface area contributed by atoms with Crippen LogP contribution in [0.1, 0.15) is 5.56 Å². The molecule has 0 radical (unpaired) electrons. The molecule has 0 amide bonds. The SMILES string of the molecule is COC(=O)CN(c1ccccc1)S(=O)(=O)c1cc([N+](=O)[O-])ccc1C. The van der Waals surface area contributed by atoms with Gasteiger partial charge in [-0.25, -0.2) is 8.42 Å². The van der Waals surface area contributed by atoms with Crippen molar-refractivity contribution >= 4 is 27.4 Å². The predicted octanol–water partition coefficient (Wildman–Crippen LogP) is 2.27. The molecule has 0 aromatic heterocycles. The van der Waals surface area contributed by atoms with Crippen LogP contribution in [0.15, 0.2) is 53.4 Å². The molecule has 0 saturated heterocycles. The van der Waals surface area contributed by atoms with Crippen molar-refractivity contribution in [1.29, 1.82) is 0 Å². The molecule has 0 aliphatic rings. The van der Waals surface area contributed by atoms with Gasteiger partial charge in [-0.15, -0.1) is 0 Å². The Kier molecular flexibility index (Phi) is 5.38. The van der Waals surface area contributed by atoms with Gasteiger partial charge in [0.1, 0.15) is 6.54 Å². The molecule has 25 heavy (non-hydrogen) atoms. The summed E-state index contributed by atoms with van der Waals surface area (Å²) >= 11 is 0. The first kappa shape index (κ1) is 18.4. The van der Waals surface area contributed by atoms with E-state index in [1.54, 1.807) is 18.2 Å². The van der Waals surface area contributed by atoms with Crippen molar-refractivity contribution in [3.05, 3.63) is 64.2 Å². The average Bonchev–Trinajstić information content (AvgIpc) is 2.59. The lowest BCUT2D eigenvalue weighted by atomic mass is 10.2. The molecule has 2 rings (SSSR count). The number of carbonyl (C=O) groups is 1. The maximum Gasteiger partial charge on any atom is 0.326 e. The van der Waals surface area contributed by atoms with E-state index in [2.05, 4.69) is 4.74 Å². The molecule has 0 heterocycles. The maximum absolute atomic E-state index is 13.1. The lowest BCUT2D eigenvalue weighted by molar-refractivity contribution is -0.385. The minimum Gasteiger partial charge on any atom is -0.468 e. The molecule has 0 aliphatic carbocycles. The number of benzene rings is 2. The summed E-state index contributed by atoms with van der Waals surface area (Å²) in [6.45, 7) is 0.975. The Balaban J connectivity index is 2.61. The van der Waals surface area contributed by atoms with E-state index in [0.29, 0.717) is 5.56 Å². The number of carbonyl (C=O) groups excluding carboxylic acids is 1. The number of aryl methyl sites for hydroxylation is 1. The van der Waals surface area contributed by atoms with Crippen LogP contribution in [0.3, 0.4) is 0 Å². The van der Waals surface area contributed by atoms with Gasteiger partial charge in [0.2, 0.25) is 0 Å². The van der Waals surface area contributed by atoms with Gasteiger partial charge in [0.25, 0.3) is 15.7 Å². The van der Waals surface area contributed by atoms with E-state index in [0.717, 1.165) is 17.5 Å². The van der Waals surface area contributed by atoms with Crippen molar-refractivity contribution in [2.24, 2.45) is 0 Å². The van der Waals surface area contributed by atoms with Gasteiger partial charge in [-0.05, 0) is 24.6 Å². The number of nitrogens with zero attached hydrogens (tertiary/aromatic N) is 2. The lowest BCUT2D eigenvalue weighted by Crippen LogP contribution is -2.36. The zero-order valence-corrected chi connectivity index (χ0v) is 14.4. The topological polar surface area (TPSA) is 107 Å². The fourth-order valence-corrected chi connectivity index (χ4v) is 3.85. The monoisotopic (exact) mass is 364 g/mol. The minimum absolute atomic E-state index is 0.241. The Bertz CT molecular complexity index is 896. The van der Waals surface area contributed by atoms with Crippen molar-refractivity contribution in [3.8, 4) is 0 Å². The van der Waals surface area contributed by atoms with Crippen LogP contribution >= 0.6 is 0 Å². The van der Waals surface area contributed by atoms with Crippen molar-refractivity contribution in [3.63, 3.8) is 0 Å². The number of hydrogen-bond donors (Lipinski definition) is 0. The van der Waals surface area contributed by atoms with Crippen molar-refractivity contribution in [1.82, 2.24) is 0 Å². The zero-order valence-electron chi connectivity index (χ0n) is 13.6. The molecule has 132 valence electrons. The zero-order chi connectivity index (χ0) is 18.6. The van der Waals surface area contributed by atoms with Gasteiger partial charge >= 0.3 is 5.97 Å². The first-order chi connectivity index (χ1) is 11.8. The number of para-hydroxylation sites is 1. The van der Waals surface area contributed by atoms with Crippen LogP contribution in [0.2, 0.25) is 0 Å². The smallest absolute Gasteiger partial charge is 0.326 e. The van der Waals surface area contributed by atoms with Gasteiger partial charge in [0, 0.05) is 12.1 Å². The summed E-state index contributed by atoms with van der Waals surface area (Å²) in [5.74, 6) is -0.754. The fourth-order valence-electron chi connectivity index (χ4n) is 2.19. The second-order valence-corrected chi connectivity index (χ2v) is 6.96. The van der Waals surface area contributed by atoms with Crippen LogP contribution < -0.4 is 4.31 Å². The number of rotatable bonds is 6. The maximum atomic E-state index is 13.1. The summed E-state index contributed by atoms with van der Waals surface area (Å²) in [7, 11) is -3.07. The molecule has 0 unspecified atom stereocenters. The number of non-ortho nitro benzene ring substituents is 1. The first-order valence-electron chi connectivity index (χ1n) is 7.17. The highest BCUT2D eigenvalue weighted by atomic mass is 32.2. The van der Waals surface area contributed by atoms with Crippen molar-refractivity contribution in [2.75, 3.05) is 18.0 Å². The van der Waals surface area contributed by atoms with Gasteiger partial charge in [-0.2, -0.15) is 0 Å². The first-order valence-corrected chi connectivity index (χ1v) is 8.61. The number of sulfonamides is 1. The third-order valence-corrected chi connectivity index (χ3v) is 5.41. The Labute approximate surface area is 144 Å². The standard InChI is InChI=1S/C16H16N2O6S/c1-12-8-9-14(18(20)21)10-15(12)25(22,23)17(11-16(19)24-2)13-6-4-3-5-7-13/h3-10H,11H2,1-2H3. The summed E-state index contributed by atoms with van der Waals surface area (Å²) in [6, 6.07) is 11.5. The summed E-state index contributed by atoms with van der Waals surface area (Å²) in [5, 5.41) is 11.0. The number of esters is 1. The predicted molar refractivity (Wildman–Crippen MR) is 90.8 cm³/mol. The number of ether oxygens (including phenoxy) is 1. The number of nitro benzene ring substituents is 1. The molecule has 9 heteroatoms. The molecule has 0 saturated carbocycles. The largest absolute Gasteiger partial charge is 0.468 e. The number of nitro groups is 1. The molecule has 0 N–H and O–H groups in total. The molecule has 8 nitrogen and oxygen atoms in total. The van der Waals surface area contributed by atoms with Crippen LogP contribution in [0.25, 0.3) is 0 Å². The molecule has 0 aliphatic heterocycles. The lowest BCUT2D eigenvalue weighted by Gasteiger charge is -2.24. The Hall–Kier alpha value is -2.94. The second kappa shape index (κ2) is 7.31.